The number of nitrogens with zero attached hydrogens (tertiary/aromatic N) is 1. The minimum Gasteiger partial charge on any atom is -0.465 e. The molecule has 0 amide bonds. The highest BCUT2D eigenvalue weighted by Crippen LogP contribution is 2.10. The maximum absolute atomic E-state index is 11.4. The molecule has 1 aromatic rings. The summed E-state index contributed by atoms with van der Waals surface area (Å²) >= 11 is 0. The molecule has 0 spiro atoms. The van der Waals surface area contributed by atoms with Gasteiger partial charge in [0, 0.05) is 0 Å². The van der Waals surface area contributed by atoms with E-state index in [1.54, 1.807) is 37.3 Å². The van der Waals surface area contributed by atoms with E-state index in [-0.39, 0.29) is 12.2 Å². The quantitative estimate of drug-likeness (QED) is 0.469. The molecule has 0 atom stereocenters. The third kappa shape index (κ3) is 3.96. The summed E-state index contributed by atoms with van der Waals surface area (Å²) in [5, 5.41) is 8.87. The average molecular weight is 259 g/mol. The summed E-state index contributed by atoms with van der Waals surface area (Å²) in [7, 11) is 1.30. The molecule has 1 rings (SSSR count). The van der Waals surface area contributed by atoms with Gasteiger partial charge in [-0.25, -0.2) is 9.59 Å². The van der Waals surface area contributed by atoms with Crippen LogP contribution >= 0.6 is 0 Å². The highest BCUT2D eigenvalue weighted by atomic mass is 16.5. The lowest BCUT2D eigenvalue weighted by Gasteiger charge is -2.01. The topological polar surface area (TPSA) is 76.4 Å². The standard InChI is InChI=1S/C14H13NO4/c1-3-19-14(17)12(9-15)8-10-4-6-11(7-5-10)13(16)18-2/h4-8H,3H2,1-2H3/b12-8+. The van der Waals surface area contributed by atoms with Crippen LogP contribution in [0, 0.1) is 11.3 Å². The number of rotatable bonds is 4. The monoisotopic (exact) mass is 259 g/mol. The molecule has 1 aromatic carbocycles. The summed E-state index contributed by atoms with van der Waals surface area (Å²) in [6, 6.07) is 8.11. The molecular weight excluding hydrogens is 246 g/mol. The van der Waals surface area contributed by atoms with Crippen molar-refractivity contribution in [3.63, 3.8) is 0 Å². The van der Waals surface area contributed by atoms with E-state index in [0.717, 1.165) is 0 Å². The van der Waals surface area contributed by atoms with Crippen molar-refractivity contribution in [1.29, 1.82) is 5.26 Å². The first-order valence-corrected chi connectivity index (χ1v) is 5.59. The molecule has 0 unspecified atom stereocenters. The van der Waals surface area contributed by atoms with Crippen molar-refractivity contribution in [2.75, 3.05) is 13.7 Å². The van der Waals surface area contributed by atoms with Crippen LogP contribution in [0.2, 0.25) is 0 Å². The third-order valence-electron chi connectivity index (χ3n) is 2.26. The van der Waals surface area contributed by atoms with Crippen LogP contribution in [0.15, 0.2) is 29.8 Å². The molecule has 0 aliphatic heterocycles. The minimum absolute atomic E-state index is 0.0901. The summed E-state index contributed by atoms with van der Waals surface area (Å²) < 4.78 is 9.31. The van der Waals surface area contributed by atoms with E-state index in [1.807, 2.05) is 0 Å². The van der Waals surface area contributed by atoms with Crippen LogP contribution in [-0.4, -0.2) is 25.7 Å². The zero-order valence-corrected chi connectivity index (χ0v) is 10.7. The maximum atomic E-state index is 11.4. The number of ether oxygens (including phenoxy) is 2. The molecule has 0 fully saturated rings. The Labute approximate surface area is 111 Å². The van der Waals surface area contributed by atoms with Crippen molar-refractivity contribution in [2.45, 2.75) is 6.92 Å². The Hall–Kier alpha value is -2.61. The van der Waals surface area contributed by atoms with Crippen molar-refractivity contribution in [3.8, 4) is 6.07 Å². The minimum atomic E-state index is -0.665. The van der Waals surface area contributed by atoms with Gasteiger partial charge in [-0.15, -0.1) is 0 Å². The molecule has 0 N–H and O–H groups in total. The molecule has 19 heavy (non-hydrogen) atoms. The molecule has 5 heteroatoms. The highest BCUT2D eigenvalue weighted by Gasteiger charge is 2.10. The van der Waals surface area contributed by atoms with E-state index < -0.39 is 11.9 Å². The van der Waals surface area contributed by atoms with Crippen LogP contribution in [0.3, 0.4) is 0 Å². The van der Waals surface area contributed by atoms with Gasteiger partial charge in [0.2, 0.25) is 0 Å². The van der Waals surface area contributed by atoms with Gasteiger partial charge in [-0.2, -0.15) is 5.26 Å². The summed E-state index contributed by atoms with van der Waals surface area (Å²) in [5.41, 5.74) is 0.930. The lowest BCUT2D eigenvalue weighted by molar-refractivity contribution is -0.137. The van der Waals surface area contributed by atoms with Crippen molar-refractivity contribution in [2.24, 2.45) is 0 Å². The molecule has 0 aromatic heterocycles. The predicted octanol–water partition coefficient (Wildman–Crippen LogP) is 1.94. The Morgan fingerprint density at radius 1 is 1.32 bits per heavy atom. The van der Waals surface area contributed by atoms with Crippen molar-refractivity contribution in [1.82, 2.24) is 0 Å². The first-order chi connectivity index (χ1) is 9.12. The molecule has 0 radical (unpaired) electrons. The van der Waals surface area contributed by atoms with Crippen LogP contribution in [-0.2, 0) is 14.3 Å². The Bertz CT molecular complexity index is 538. The largest absolute Gasteiger partial charge is 0.465 e. The summed E-state index contributed by atoms with van der Waals surface area (Å²) in [5.74, 6) is -1.11. The van der Waals surface area contributed by atoms with Gasteiger partial charge in [0.05, 0.1) is 19.3 Å². The summed E-state index contributed by atoms with van der Waals surface area (Å²) in [6.07, 6.45) is 1.40. The molecule has 5 nitrogen and oxygen atoms in total. The molecule has 0 bridgehead atoms. The zero-order chi connectivity index (χ0) is 14.3. The number of carbonyl (C=O) groups is 2. The van der Waals surface area contributed by atoms with Crippen LogP contribution in [0.5, 0.6) is 0 Å². The van der Waals surface area contributed by atoms with Gasteiger partial charge in [0.25, 0.3) is 0 Å². The fraction of sp³-hybridized carbons (Fsp3) is 0.214. The number of hydrogen-bond donors (Lipinski definition) is 0. The van der Waals surface area contributed by atoms with Gasteiger partial charge in [0.1, 0.15) is 11.6 Å². The van der Waals surface area contributed by atoms with Gasteiger partial charge in [-0.3, -0.25) is 0 Å². The fourth-order valence-electron chi connectivity index (χ4n) is 1.35. The van der Waals surface area contributed by atoms with Gasteiger partial charge in [-0.1, -0.05) is 12.1 Å². The van der Waals surface area contributed by atoms with Crippen LogP contribution in [0.1, 0.15) is 22.8 Å². The highest BCUT2D eigenvalue weighted by molar-refractivity contribution is 5.98. The number of carbonyl (C=O) groups excluding carboxylic acids is 2. The average Bonchev–Trinajstić information content (AvgIpc) is 2.44. The molecule has 0 aliphatic rings. The molecule has 0 aliphatic carbocycles. The van der Waals surface area contributed by atoms with E-state index >= 15 is 0 Å². The summed E-state index contributed by atoms with van der Waals surface area (Å²) in [6.45, 7) is 1.87. The number of hydrogen-bond acceptors (Lipinski definition) is 5. The Morgan fingerprint density at radius 3 is 2.42 bits per heavy atom. The smallest absolute Gasteiger partial charge is 0.348 e. The van der Waals surface area contributed by atoms with Gasteiger partial charge < -0.3 is 9.47 Å². The van der Waals surface area contributed by atoms with Gasteiger partial charge in [0.15, 0.2) is 0 Å². The molecular formula is C14H13NO4. The lowest BCUT2D eigenvalue weighted by Crippen LogP contribution is -2.06. The van der Waals surface area contributed by atoms with Crippen molar-refractivity contribution in [3.05, 3.63) is 41.0 Å². The van der Waals surface area contributed by atoms with E-state index in [4.69, 9.17) is 10.00 Å². The zero-order valence-electron chi connectivity index (χ0n) is 10.7. The number of esters is 2. The lowest BCUT2D eigenvalue weighted by atomic mass is 10.1. The number of nitriles is 1. The Balaban J connectivity index is 2.95. The van der Waals surface area contributed by atoms with E-state index in [9.17, 15) is 9.59 Å². The summed E-state index contributed by atoms with van der Waals surface area (Å²) in [4.78, 5) is 22.6. The number of benzene rings is 1. The SMILES string of the molecule is CCOC(=O)/C(C#N)=C/c1ccc(C(=O)OC)cc1. The van der Waals surface area contributed by atoms with E-state index in [2.05, 4.69) is 4.74 Å². The molecule has 98 valence electrons. The van der Waals surface area contributed by atoms with Crippen molar-refractivity contribution >= 4 is 18.0 Å². The van der Waals surface area contributed by atoms with Crippen molar-refractivity contribution < 1.29 is 19.1 Å². The second-order valence-corrected chi connectivity index (χ2v) is 3.50. The molecule has 0 heterocycles. The third-order valence-corrected chi connectivity index (χ3v) is 2.26. The predicted molar refractivity (Wildman–Crippen MR) is 68.0 cm³/mol. The molecule has 0 saturated carbocycles. The molecule has 0 saturated heterocycles. The Kier molecular flexibility index (Phi) is 5.30. The first-order valence-electron chi connectivity index (χ1n) is 5.59. The van der Waals surface area contributed by atoms with E-state index in [0.29, 0.717) is 11.1 Å². The van der Waals surface area contributed by atoms with Gasteiger partial charge in [-0.05, 0) is 30.7 Å². The maximum Gasteiger partial charge on any atom is 0.348 e. The van der Waals surface area contributed by atoms with Crippen LogP contribution in [0.25, 0.3) is 6.08 Å². The Morgan fingerprint density at radius 2 is 1.95 bits per heavy atom. The normalized spacial score (nSPS) is 10.5. The number of methoxy groups -OCH3 is 1. The first kappa shape index (κ1) is 14.5. The van der Waals surface area contributed by atoms with Gasteiger partial charge >= 0.3 is 11.9 Å². The second-order valence-electron chi connectivity index (χ2n) is 3.50. The fourth-order valence-corrected chi connectivity index (χ4v) is 1.35. The second kappa shape index (κ2) is 6.97. The van der Waals surface area contributed by atoms with Crippen LogP contribution in [0.4, 0.5) is 0 Å². The van der Waals surface area contributed by atoms with E-state index in [1.165, 1.54) is 13.2 Å². The van der Waals surface area contributed by atoms with Crippen LogP contribution < -0.4 is 0 Å².